The molecule has 0 aliphatic carbocycles. The first-order valence-electron chi connectivity index (χ1n) is 8.95. The first-order chi connectivity index (χ1) is 12.7. The second-order valence-electron chi connectivity index (χ2n) is 6.41. The van der Waals surface area contributed by atoms with Gasteiger partial charge in [0.2, 0.25) is 12.7 Å². The summed E-state index contributed by atoms with van der Waals surface area (Å²) in [4.78, 5) is 14.6. The number of amides is 1. The Balaban J connectivity index is 1.41. The van der Waals surface area contributed by atoms with Gasteiger partial charge in [0.1, 0.15) is 0 Å². The predicted molar refractivity (Wildman–Crippen MR) is 100 cm³/mol. The van der Waals surface area contributed by atoms with Gasteiger partial charge in [0.15, 0.2) is 11.5 Å². The van der Waals surface area contributed by atoms with E-state index in [4.69, 9.17) is 9.47 Å². The van der Waals surface area contributed by atoms with Crippen LogP contribution in [0.25, 0.3) is 10.9 Å². The average Bonchev–Trinajstić information content (AvgIpc) is 3.30. The molecule has 1 aliphatic rings. The van der Waals surface area contributed by atoms with Crippen LogP contribution in [0.15, 0.2) is 54.7 Å². The number of rotatable bonds is 6. The minimum atomic E-state index is 0.156. The second-order valence-corrected chi connectivity index (χ2v) is 6.41. The van der Waals surface area contributed by atoms with E-state index in [9.17, 15) is 4.79 Å². The number of hydrogen-bond acceptors (Lipinski definition) is 3. The predicted octanol–water partition coefficient (Wildman–Crippen LogP) is 3.81. The van der Waals surface area contributed by atoms with Crippen molar-refractivity contribution in [1.29, 1.82) is 0 Å². The van der Waals surface area contributed by atoms with Gasteiger partial charge in [-0.15, -0.1) is 0 Å². The number of nitrogens with zero attached hydrogens (tertiary/aromatic N) is 2. The fourth-order valence-electron chi connectivity index (χ4n) is 3.35. The molecule has 2 aromatic carbocycles. The van der Waals surface area contributed by atoms with E-state index in [1.54, 1.807) is 0 Å². The van der Waals surface area contributed by atoms with Crippen molar-refractivity contribution in [2.45, 2.75) is 26.4 Å². The van der Waals surface area contributed by atoms with Gasteiger partial charge in [-0.1, -0.05) is 24.3 Å². The summed E-state index contributed by atoms with van der Waals surface area (Å²) in [5.41, 5.74) is 2.22. The minimum Gasteiger partial charge on any atom is -0.454 e. The minimum absolute atomic E-state index is 0.156. The highest BCUT2D eigenvalue weighted by Gasteiger charge is 2.16. The number of carbonyl (C=O) groups excluding carboxylic acids is 1. The number of carbonyl (C=O) groups is 1. The maximum Gasteiger partial charge on any atom is 0.231 e. The summed E-state index contributed by atoms with van der Waals surface area (Å²) in [6.45, 7) is 4.22. The van der Waals surface area contributed by atoms with Gasteiger partial charge in [-0.05, 0) is 42.1 Å². The lowest BCUT2D eigenvalue weighted by molar-refractivity contribution is -0.131. The average molecular weight is 350 g/mol. The molecule has 0 spiro atoms. The Bertz CT molecular complexity index is 932. The Hall–Kier alpha value is -2.95. The number of benzene rings is 2. The summed E-state index contributed by atoms with van der Waals surface area (Å²) in [6.07, 6.45) is 2.53. The van der Waals surface area contributed by atoms with E-state index in [1.165, 1.54) is 10.9 Å². The molecule has 3 aromatic rings. The first-order valence-corrected chi connectivity index (χ1v) is 8.95. The van der Waals surface area contributed by atoms with Gasteiger partial charge in [0.05, 0.1) is 0 Å². The van der Waals surface area contributed by atoms with E-state index in [1.807, 2.05) is 48.4 Å². The van der Waals surface area contributed by atoms with Crippen molar-refractivity contribution < 1.29 is 14.3 Å². The van der Waals surface area contributed by atoms with E-state index >= 15 is 0 Å². The Morgan fingerprint density at radius 2 is 1.96 bits per heavy atom. The van der Waals surface area contributed by atoms with Crippen molar-refractivity contribution in [3.63, 3.8) is 0 Å². The zero-order valence-electron chi connectivity index (χ0n) is 14.9. The van der Waals surface area contributed by atoms with Gasteiger partial charge >= 0.3 is 0 Å². The summed E-state index contributed by atoms with van der Waals surface area (Å²) in [5, 5.41) is 1.20. The number of aromatic nitrogens is 1. The molecular weight excluding hydrogens is 328 g/mol. The second kappa shape index (κ2) is 7.12. The van der Waals surface area contributed by atoms with Gasteiger partial charge in [-0.3, -0.25) is 4.79 Å². The molecule has 0 fully saturated rings. The molecule has 26 heavy (non-hydrogen) atoms. The number of aryl methyl sites for hydroxylation is 1. The van der Waals surface area contributed by atoms with Crippen LogP contribution in [0.2, 0.25) is 0 Å². The SMILES string of the molecule is CCN(Cc1ccc2c(c1)OCO2)C(=O)CCn1ccc2ccccc21. The molecule has 2 heterocycles. The zero-order chi connectivity index (χ0) is 17.9. The normalized spacial score (nSPS) is 12.5. The fourth-order valence-corrected chi connectivity index (χ4v) is 3.35. The van der Waals surface area contributed by atoms with E-state index in [2.05, 4.69) is 22.8 Å². The van der Waals surface area contributed by atoms with E-state index in [-0.39, 0.29) is 12.7 Å². The van der Waals surface area contributed by atoms with Crippen molar-refractivity contribution >= 4 is 16.8 Å². The molecule has 1 aliphatic heterocycles. The number of hydrogen-bond donors (Lipinski definition) is 0. The molecule has 0 bridgehead atoms. The third-order valence-corrected chi connectivity index (χ3v) is 4.79. The lowest BCUT2D eigenvalue weighted by Gasteiger charge is -2.21. The van der Waals surface area contributed by atoms with Gasteiger partial charge in [-0.2, -0.15) is 0 Å². The molecule has 0 unspecified atom stereocenters. The third kappa shape index (κ3) is 3.25. The summed E-state index contributed by atoms with van der Waals surface area (Å²) < 4.78 is 12.9. The highest BCUT2D eigenvalue weighted by molar-refractivity contribution is 5.80. The van der Waals surface area contributed by atoms with Crippen LogP contribution in [0.3, 0.4) is 0 Å². The number of ether oxygens (including phenoxy) is 2. The van der Waals surface area contributed by atoms with Crippen LogP contribution in [0.5, 0.6) is 11.5 Å². The summed E-state index contributed by atoms with van der Waals surface area (Å²) in [5.74, 6) is 1.68. The third-order valence-electron chi connectivity index (χ3n) is 4.79. The Kier molecular flexibility index (Phi) is 4.52. The smallest absolute Gasteiger partial charge is 0.231 e. The maximum absolute atomic E-state index is 12.7. The van der Waals surface area contributed by atoms with Gasteiger partial charge in [0.25, 0.3) is 0 Å². The molecule has 1 amide bonds. The standard InChI is InChI=1S/C21H22N2O3/c1-2-22(14-16-7-8-19-20(13-16)26-15-25-19)21(24)10-12-23-11-9-17-5-3-4-6-18(17)23/h3-9,11,13H,2,10,12,14-15H2,1H3. The van der Waals surface area contributed by atoms with Crippen LogP contribution in [-0.4, -0.2) is 28.7 Å². The quantitative estimate of drug-likeness (QED) is 0.679. The lowest BCUT2D eigenvalue weighted by atomic mass is 10.2. The molecule has 0 saturated carbocycles. The molecule has 5 heteroatoms. The highest BCUT2D eigenvalue weighted by Crippen LogP contribution is 2.32. The van der Waals surface area contributed by atoms with Crippen LogP contribution in [-0.2, 0) is 17.9 Å². The topological polar surface area (TPSA) is 43.7 Å². The molecule has 0 N–H and O–H groups in total. The first kappa shape index (κ1) is 16.5. The van der Waals surface area contributed by atoms with E-state index in [0.717, 1.165) is 17.1 Å². The maximum atomic E-state index is 12.7. The van der Waals surface area contributed by atoms with Gasteiger partial charge in [-0.25, -0.2) is 0 Å². The lowest BCUT2D eigenvalue weighted by Crippen LogP contribution is -2.30. The van der Waals surface area contributed by atoms with Crippen LogP contribution in [0, 0.1) is 0 Å². The summed E-state index contributed by atoms with van der Waals surface area (Å²) in [6, 6.07) is 16.2. The van der Waals surface area contributed by atoms with Crippen LogP contribution in [0.4, 0.5) is 0 Å². The Morgan fingerprint density at radius 1 is 1.12 bits per heavy atom. The Labute approximate surface area is 152 Å². The molecule has 134 valence electrons. The molecule has 5 nitrogen and oxygen atoms in total. The monoisotopic (exact) mass is 350 g/mol. The molecule has 4 rings (SSSR count). The molecule has 1 aromatic heterocycles. The van der Waals surface area contributed by atoms with E-state index < -0.39 is 0 Å². The van der Waals surface area contributed by atoms with Crippen molar-refractivity contribution in [2.75, 3.05) is 13.3 Å². The Morgan fingerprint density at radius 3 is 2.85 bits per heavy atom. The van der Waals surface area contributed by atoms with Crippen LogP contribution >= 0.6 is 0 Å². The van der Waals surface area contributed by atoms with Gasteiger partial charge in [0, 0.05) is 37.8 Å². The van der Waals surface area contributed by atoms with Crippen molar-refractivity contribution in [3.05, 3.63) is 60.3 Å². The molecule has 0 atom stereocenters. The summed E-state index contributed by atoms with van der Waals surface area (Å²) in [7, 11) is 0. The molecular formula is C21H22N2O3. The van der Waals surface area contributed by atoms with Crippen LogP contribution in [0.1, 0.15) is 18.9 Å². The van der Waals surface area contributed by atoms with Crippen LogP contribution < -0.4 is 9.47 Å². The van der Waals surface area contributed by atoms with Crippen molar-refractivity contribution in [1.82, 2.24) is 9.47 Å². The summed E-state index contributed by atoms with van der Waals surface area (Å²) >= 11 is 0. The molecule has 0 radical (unpaired) electrons. The van der Waals surface area contributed by atoms with Crippen molar-refractivity contribution in [2.24, 2.45) is 0 Å². The molecule has 0 saturated heterocycles. The number of fused-ring (bicyclic) bond motifs is 2. The van der Waals surface area contributed by atoms with Gasteiger partial charge < -0.3 is 18.9 Å². The largest absolute Gasteiger partial charge is 0.454 e. The fraction of sp³-hybridized carbons (Fsp3) is 0.286. The van der Waals surface area contributed by atoms with E-state index in [0.29, 0.717) is 26.1 Å². The zero-order valence-corrected chi connectivity index (χ0v) is 14.9. The number of para-hydroxylation sites is 1. The van der Waals surface area contributed by atoms with Crippen molar-refractivity contribution in [3.8, 4) is 11.5 Å². The highest BCUT2D eigenvalue weighted by atomic mass is 16.7.